The summed E-state index contributed by atoms with van der Waals surface area (Å²) in [5.74, 6) is -0.167. The maximum Gasteiger partial charge on any atom is 0.251 e. The summed E-state index contributed by atoms with van der Waals surface area (Å²) in [6.45, 7) is 1.10. The number of rotatable bonds is 4. The Labute approximate surface area is 113 Å². The molecule has 5 nitrogen and oxygen atoms in total. The van der Waals surface area contributed by atoms with Gasteiger partial charge in [-0.1, -0.05) is 0 Å². The lowest BCUT2D eigenvalue weighted by atomic mass is 10.2. The van der Waals surface area contributed by atoms with Crippen molar-refractivity contribution >= 4 is 21.8 Å². The van der Waals surface area contributed by atoms with Gasteiger partial charge in [0.05, 0.1) is 11.0 Å². The van der Waals surface area contributed by atoms with E-state index in [2.05, 4.69) is 26.3 Å². The number of aromatic nitrogens is 2. The number of carbonyl (C=O) groups is 1. The van der Waals surface area contributed by atoms with Crippen LogP contribution in [0.5, 0.6) is 5.75 Å². The molecule has 18 heavy (non-hydrogen) atoms. The van der Waals surface area contributed by atoms with E-state index in [4.69, 9.17) is 0 Å². The smallest absolute Gasteiger partial charge is 0.251 e. The van der Waals surface area contributed by atoms with Gasteiger partial charge in [0, 0.05) is 24.5 Å². The third-order valence-electron chi connectivity index (χ3n) is 2.39. The van der Waals surface area contributed by atoms with Gasteiger partial charge in [0.1, 0.15) is 5.75 Å². The molecule has 1 amide bonds. The molecule has 0 saturated carbocycles. The van der Waals surface area contributed by atoms with Gasteiger partial charge in [-0.05, 0) is 40.2 Å². The Morgan fingerprint density at radius 2 is 2.33 bits per heavy atom. The maximum absolute atomic E-state index is 11.8. The fourth-order valence-corrected chi connectivity index (χ4v) is 1.72. The predicted octanol–water partition coefficient (Wildman–Crippen LogP) is 1.78. The minimum Gasteiger partial charge on any atom is -0.507 e. The highest BCUT2D eigenvalue weighted by molar-refractivity contribution is 9.10. The van der Waals surface area contributed by atoms with E-state index >= 15 is 0 Å². The number of phenolic OH excluding ortho intramolecular Hbond substituents is 1. The molecule has 1 heterocycles. The van der Waals surface area contributed by atoms with Crippen molar-refractivity contribution in [3.63, 3.8) is 0 Å². The lowest BCUT2D eigenvalue weighted by Gasteiger charge is -2.06. The van der Waals surface area contributed by atoms with Crippen molar-refractivity contribution in [3.8, 4) is 5.75 Å². The minimum absolute atomic E-state index is 0.0507. The second-order valence-corrected chi connectivity index (χ2v) is 4.55. The van der Waals surface area contributed by atoms with Gasteiger partial charge in [0.2, 0.25) is 0 Å². The van der Waals surface area contributed by atoms with Crippen LogP contribution < -0.4 is 5.32 Å². The molecule has 2 rings (SSSR count). The van der Waals surface area contributed by atoms with Crippen molar-refractivity contribution in [2.45, 2.75) is 6.54 Å². The normalized spacial score (nSPS) is 10.3. The summed E-state index contributed by atoms with van der Waals surface area (Å²) in [4.78, 5) is 11.8. The Hall–Kier alpha value is -1.82. The third-order valence-corrected chi connectivity index (χ3v) is 3.06. The molecule has 1 aromatic heterocycles. The van der Waals surface area contributed by atoms with Crippen LogP contribution in [0, 0.1) is 0 Å². The number of nitrogens with zero attached hydrogens (tertiary/aromatic N) is 2. The number of benzene rings is 1. The van der Waals surface area contributed by atoms with E-state index in [1.807, 2.05) is 12.3 Å². The Bertz CT molecular complexity index is 540. The molecule has 0 aliphatic rings. The highest BCUT2D eigenvalue weighted by Gasteiger charge is 2.07. The number of hydrogen-bond donors (Lipinski definition) is 2. The number of amides is 1. The summed E-state index contributed by atoms with van der Waals surface area (Å²) in [7, 11) is 0. The molecular formula is C12H12BrN3O2. The van der Waals surface area contributed by atoms with E-state index in [0.717, 1.165) is 0 Å². The zero-order chi connectivity index (χ0) is 13.0. The number of hydrogen-bond acceptors (Lipinski definition) is 3. The molecule has 0 bridgehead atoms. The van der Waals surface area contributed by atoms with Crippen molar-refractivity contribution in [1.29, 1.82) is 0 Å². The maximum atomic E-state index is 11.8. The number of aromatic hydroxyl groups is 1. The molecule has 0 saturated heterocycles. The SMILES string of the molecule is O=C(NCCn1cccn1)c1ccc(Br)c(O)c1. The monoisotopic (exact) mass is 309 g/mol. The van der Waals surface area contributed by atoms with Gasteiger partial charge < -0.3 is 10.4 Å². The van der Waals surface area contributed by atoms with Gasteiger partial charge in [-0.15, -0.1) is 0 Å². The van der Waals surface area contributed by atoms with E-state index in [1.54, 1.807) is 23.0 Å². The first-order chi connectivity index (χ1) is 8.66. The second kappa shape index (κ2) is 5.68. The summed E-state index contributed by atoms with van der Waals surface area (Å²) < 4.78 is 2.30. The average Bonchev–Trinajstić information content (AvgIpc) is 2.85. The molecule has 0 fully saturated rings. The first kappa shape index (κ1) is 12.6. The minimum atomic E-state index is -0.218. The summed E-state index contributed by atoms with van der Waals surface area (Å²) in [5.41, 5.74) is 0.427. The van der Waals surface area contributed by atoms with Crippen molar-refractivity contribution in [3.05, 3.63) is 46.7 Å². The van der Waals surface area contributed by atoms with Crippen molar-refractivity contribution in [2.75, 3.05) is 6.54 Å². The molecule has 0 atom stereocenters. The van der Waals surface area contributed by atoms with Crippen LogP contribution in [0.25, 0.3) is 0 Å². The Morgan fingerprint density at radius 3 is 3.00 bits per heavy atom. The molecule has 1 aromatic carbocycles. The van der Waals surface area contributed by atoms with Crippen LogP contribution in [0.1, 0.15) is 10.4 Å². The zero-order valence-electron chi connectivity index (χ0n) is 9.51. The van der Waals surface area contributed by atoms with E-state index < -0.39 is 0 Å². The van der Waals surface area contributed by atoms with Crippen molar-refractivity contribution in [1.82, 2.24) is 15.1 Å². The molecule has 0 aliphatic carbocycles. The first-order valence-corrected chi connectivity index (χ1v) is 6.20. The van der Waals surface area contributed by atoms with Gasteiger partial charge >= 0.3 is 0 Å². The standard InChI is InChI=1S/C12H12BrN3O2/c13-10-3-2-9(8-11(10)17)12(18)14-5-7-16-6-1-4-15-16/h1-4,6,8,17H,5,7H2,(H,14,18). The fraction of sp³-hybridized carbons (Fsp3) is 0.167. The molecular weight excluding hydrogens is 298 g/mol. The lowest BCUT2D eigenvalue weighted by molar-refractivity contribution is 0.0951. The Kier molecular flexibility index (Phi) is 3.99. The van der Waals surface area contributed by atoms with Gasteiger partial charge in [0.15, 0.2) is 0 Å². The van der Waals surface area contributed by atoms with Crippen LogP contribution in [0.2, 0.25) is 0 Å². The lowest BCUT2D eigenvalue weighted by Crippen LogP contribution is -2.27. The topological polar surface area (TPSA) is 67.2 Å². The summed E-state index contributed by atoms with van der Waals surface area (Å²) >= 11 is 3.16. The summed E-state index contributed by atoms with van der Waals surface area (Å²) in [6, 6.07) is 6.53. The van der Waals surface area contributed by atoms with E-state index in [9.17, 15) is 9.90 Å². The van der Waals surface area contributed by atoms with E-state index in [0.29, 0.717) is 23.1 Å². The highest BCUT2D eigenvalue weighted by Crippen LogP contribution is 2.24. The molecule has 0 unspecified atom stereocenters. The van der Waals surface area contributed by atoms with Crippen molar-refractivity contribution < 1.29 is 9.90 Å². The van der Waals surface area contributed by atoms with Crippen LogP contribution in [0.3, 0.4) is 0 Å². The van der Waals surface area contributed by atoms with Gasteiger partial charge in [-0.3, -0.25) is 9.48 Å². The van der Waals surface area contributed by atoms with Crippen LogP contribution in [-0.2, 0) is 6.54 Å². The molecule has 6 heteroatoms. The predicted molar refractivity (Wildman–Crippen MR) is 70.4 cm³/mol. The average molecular weight is 310 g/mol. The fourth-order valence-electron chi connectivity index (χ4n) is 1.47. The molecule has 94 valence electrons. The van der Waals surface area contributed by atoms with Crippen LogP contribution in [0.4, 0.5) is 0 Å². The van der Waals surface area contributed by atoms with Crippen LogP contribution >= 0.6 is 15.9 Å². The summed E-state index contributed by atoms with van der Waals surface area (Å²) in [5, 5.41) is 16.3. The van der Waals surface area contributed by atoms with Crippen molar-refractivity contribution in [2.24, 2.45) is 0 Å². The van der Waals surface area contributed by atoms with Crippen LogP contribution in [-0.4, -0.2) is 27.3 Å². The molecule has 2 aromatic rings. The number of halogens is 1. The number of phenols is 1. The quantitative estimate of drug-likeness (QED) is 0.904. The molecule has 0 aliphatic heterocycles. The Balaban J connectivity index is 1.89. The van der Waals surface area contributed by atoms with E-state index in [1.165, 1.54) is 6.07 Å². The molecule has 0 spiro atoms. The zero-order valence-corrected chi connectivity index (χ0v) is 11.1. The Morgan fingerprint density at radius 1 is 1.50 bits per heavy atom. The largest absolute Gasteiger partial charge is 0.507 e. The number of nitrogens with one attached hydrogen (secondary N) is 1. The molecule has 0 radical (unpaired) electrons. The highest BCUT2D eigenvalue weighted by atomic mass is 79.9. The van der Waals surface area contributed by atoms with Gasteiger partial charge in [-0.2, -0.15) is 5.10 Å². The molecule has 2 N–H and O–H groups in total. The second-order valence-electron chi connectivity index (χ2n) is 3.69. The first-order valence-electron chi connectivity index (χ1n) is 5.41. The van der Waals surface area contributed by atoms with Gasteiger partial charge in [-0.25, -0.2) is 0 Å². The van der Waals surface area contributed by atoms with Crippen LogP contribution in [0.15, 0.2) is 41.1 Å². The van der Waals surface area contributed by atoms with Gasteiger partial charge in [0.25, 0.3) is 5.91 Å². The third kappa shape index (κ3) is 3.10. The van der Waals surface area contributed by atoms with E-state index in [-0.39, 0.29) is 11.7 Å². The number of carbonyl (C=O) groups excluding carboxylic acids is 1. The summed E-state index contributed by atoms with van der Waals surface area (Å²) in [6.07, 6.45) is 3.52.